The second kappa shape index (κ2) is 4.61. The Kier molecular flexibility index (Phi) is 2.97. The Morgan fingerprint density at radius 3 is 2.60 bits per heavy atom. The molecule has 2 radical (unpaired) electrons. The van der Waals surface area contributed by atoms with Gasteiger partial charge in [-0.15, -0.1) is 0 Å². The number of nitrogens with zero attached hydrogens (tertiary/aromatic N) is 1. The Labute approximate surface area is 122 Å². The largest absolute Gasteiger partial charge is 0.381 e. The summed E-state index contributed by atoms with van der Waals surface area (Å²) in [6.45, 7) is 6.80. The first-order chi connectivity index (χ1) is 9.72. The van der Waals surface area contributed by atoms with Crippen LogP contribution in [0.25, 0.3) is 0 Å². The van der Waals surface area contributed by atoms with Gasteiger partial charge in [-0.3, -0.25) is 4.90 Å². The molecule has 1 aromatic carbocycles. The maximum atomic E-state index is 5.84. The normalized spacial score (nSPS) is 37.9. The van der Waals surface area contributed by atoms with Gasteiger partial charge in [0.05, 0.1) is 0 Å². The maximum Gasteiger partial charge on any atom is 0.113 e. The fourth-order valence-electron chi connectivity index (χ4n) is 4.65. The first-order valence-corrected chi connectivity index (χ1v) is 7.89. The number of rotatable bonds is 2. The molecule has 2 aliphatic heterocycles. The van der Waals surface area contributed by atoms with Crippen molar-refractivity contribution in [1.82, 2.24) is 4.90 Å². The molecule has 3 fully saturated rings. The minimum Gasteiger partial charge on any atom is -0.381 e. The molecule has 2 nitrogen and oxygen atoms in total. The third kappa shape index (κ3) is 1.79. The van der Waals surface area contributed by atoms with Crippen LogP contribution >= 0.6 is 0 Å². The van der Waals surface area contributed by atoms with Crippen molar-refractivity contribution < 1.29 is 4.74 Å². The SMILES string of the molecule is [B]c1ccc([C@]23CN(C4CCOCC4)C[C@H]2[C@H]3C)cc1. The summed E-state index contributed by atoms with van der Waals surface area (Å²) in [5, 5.41) is 0. The third-order valence-electron chi connectivity index (χ3n) is 6.02. The molecule has 0 N–H and O–H groups in total. The summed E-state index contributed by atoms with van der Waals surface area (Å²) in [6, 6.07) is 9.36. The van der Waals surface area contributed by atoms with E-state index in [1.807, 2.05) is 0 Å². The number of hydrogen-bond acceptors (Lipinski definition) is 2. The molecule has 0 unspecified atom stereocenters. The molecule has 2 saturated heterocycles. The molecule has 1 saturated carbocycles. The van der Waals surface area contributed by atoms with Crippen LogP contribution in [0.1, 0.15) is 25.3 Å². The van der Waals surface area contributed by atoms with Gasteiger partial charge in [0, 0.05) is 37.8 Å². The summed E-state index contributed by atoms with van der Waals surface area (Å²) in [7, 11) is 5.84. The molecule has 0 amide bonds. The Balaban J connectivity index is 1.55. The van der Waals surface area contributed by atoms with Gasteiger partial charge in [-0.2, -0.15) is 0 Å². The summed E-state index contributed by atoms with van der Waals surface area (Å²) >= 11 is 0. The Morgan fingerprint density at radius 1 is 1.20 bits per heavy atom. The predicted octanol–water partition coefficient (Wildman–Crippen LogP) is 1.48. The number of likely N-dealkylation sites (tertiary alicyclic amines) is 1. The van der Waals surface area contributed by atoms with Crippen LogP contribution in [0, 0.1) is 11.8 Å². The first-order valence-electron chi connectivity index (χ1n) is 7.89. The monoisotopic (exact) mass is 267 g/mol. The van der Waals surface area contributed by atoms with Crippen molar-refractivity contribution in [1.29, 1.82) is 0 Å². The number of piperidine rings is 1. The highest BCUT2D eigenvalue weighted by molar-refractivity contribution is 6.32. The van der Waals surface area contributed by atoms with Gasteiger partial charge in [-0.05, 0) is 30.2 Å². The molecule has 1 aromatic rings. The lowest BCUT2D eigenvalue weighted by Crippen LogP contribution is -2.41. The standard InChI is InChI=1S/C17H22BNO/c1-12-16-10-19(15-6-8-20-9-7-15)11-17(12,16)13-2-4-14(18)5-3-13/h2-5,12,15-16H,6-11H2,1H3/t12-,16+,17-/m1/s1. The highest BCUT2D eigenvalue weighted by Gasteiger charge is 2.67. The van der Waals surface area contributed by atoms with E-state index in [0.29, 0.717) is 5.41 Å². The fraction of sp³-hybridized carbons (Fsp3) is 0.647. The summed E-state index contributed by atoms with van der Waals surface area (Å²) in [5.74, 6) is 1.66. The van der Waals surface area contributed by atoms with E-state index in [4.69, 9.17) is 12.6 Å². The number of benzene rings is 1. The third-order valence-corrected chi connectivity index (χ3v) is 6.02. The molecule has 2 heterocycles. The Hall–Kier alpha value is -0.795. The highest BCUT2D eigenvalue weighted by atomic mass is 16.5. The van der Waals surface area contributed by atoms with Gasteiger partial charge >= 0.3 is 0 Å². The van der Waals surface area contributed by atoms with Crippen LogP contribution in [0.3, 0.4) is 0 Å². The molecule has 0 spiro atoms. The van der Waals surface area contributed by atoms with Crippen LogP contribution < -0.4 is 5.46 Å². The first kappa shape index (κ1) is 12.9. The van der Waals surface area contributed by atoms with E-state index in [9.17, 15) is 0 Å². The molecule has 3 heteroatoms. The Bertz CT molecular complexity index is 496. The van der Waals surface area contributed by atoms with Crippen molar-refractivity contribution in [2.24, 2.45) is 11.8 Å². The molecule has 1 aliphatic carbocycles. The summed E-state index contributed by atoms with van der Waals surface area (Å²) in [6.07, 6.45) is 2.41. The topological polar surface area (TPSA) is 12.5 Å². The molecule has 0 aromatic heterocycles. The lowest BCUT2D eigenvalue weighted by Gasteiger charge is -2.33. The van der Waals surface area contributed by atoms with E-state index < -0.39 is 0 Å². The van der Waals surface area contributed by atoms with Crippen LogP contribution in [-0.4, -0.2) is 45.1 Å². The molecule has 104 valence electrons. The van der Waals surface area contributed by atoms with Crippen molar-refractivity contribution in [3.05, 3.63) is 29.8 Å². The van der Waals surface area contributed by atoms with E-state index >= 15 is 0 Å². The summed E-state index contributed by atoms with van der Waals surface area (Å²) < 4.78 is 5.50. The second-order valence-electron chi connectivity index (χ2n) is 6.83. The van der Waals surface area contributed by atoms with Gasteiger partial charge in [0.15, 0.2) is 0 Å². The van der Waals surface area contributed by atoms with Gasteiger partial charge in [-0.25, -0.2) is 0 Å². The van der Waals surface area contributed by atoms with Crippen molar-refractivity contribution in [2.75, 3.05) is 26.3 Å². The van der Waals surface area contributed by atoms with Crippen LogP contribution in [0.2, 0.25) is 0 Å². The summed E-state index contributed by atoms with van der Waals surface area (Å²) in [5.41, 5.74) is 2.78. The molecular formula is C17H22BNO. The zero-order valence-electron chi connectivity index (χ0n) is 12.2. The zero-order chi connectivity index (χ0) is 13.7. The van der Waals surface area contributed by atoms with Crippen molar-refractivity contribution in [3.8, 4) is 0 Å². The number of hydrogen-bond donors (Lipinski definition) is 0. The molecule has 3 aliphatic rings. The molecule has 0 bridgehead atoms. The van der Waals surface area contributed by atoms with Gasteiger partial charge < -0.3 is 4.74 Å². The van der Waals surface area contributed by atoms with Gasteiger partial charge in [0.25, 0.3) is 0 Å². The predicted molar refractivity (Wildman–Crippen MR) is 81.6 cm³/mol. The lowest BCUT2D eigenvalue weighted by molar-refractivity contribution is 0.0363. The van der Waals surface area contributed by atoms with Crippen molar-refractivity contribution in [2.45, 2.75) is 31.2 Å². The van der Waals surface area contributed by atoms with Gasteiger partial charge in [0.1, 0.15) is 7.85 Å². The van der Waals surface area contributed by atoms with E-state index in [1.54, 1.807) is 0 Å². The molecular weight excluding hydrogens is 245 g/mol. The van der Waals surface area contributed by atoms with Gasteiger partial charge in [0.2, 0.25) is 0 Å². The van der Waals surface area contributed by atoms with Gasteiger partial charge in [-0.1, -0.05) is 36.7 Å². The maximum absolute atomic E-state index is 5.84. The van der Waals surface area contributed by atoms with Crippen LogP contribution in [0.4, 0.5) is 0 Å². The summed E-state index contributed by atoms with van der Waals surface area (Å²) in [4.78, 5) is 2.73. The van der Waals surface area contributed by atoms with E-state index in [-0.39, 0.29) is 0 Å². The minimum absolute atomic E-state index is 0.409. The fourth-order valence-corrected chi connectivity index (χ4v) is 4.65. The van der Waals surface area contributed by atoms with Crippen molar-refractivity contribution >= 4 is 13.3 Å². The van der Waals surface area contributed by atoms with Crippen LogP contribution in [0.15, 0.2) is 24.3 Å². The van der Waals surface area contributed by atoms with Crippen LogP contribution in [0.5, 0.6) is 0 Å². The quantitative estimate of drug-likeness (QED) is 0.753. The second-order valence-corrected chi connectivity index (χ2v) is 6.83. The van der Waals surface area contributed by atoms with Crippen molar-refractivity contribution in [3.63, 3.8) is 0 Å². The minimum atomic E-state index is 0.409. The Morgan fingerprint density at radius 2 is 1.90 bits per heavy atom. The number of ether oxygens (including phenoxy) is 1. The lowest BCUT2D eigenvalue weighted by atomic mass is 9.88. The van der Waals surface area contributed by atoms with E-state index in [0.717, 1.165) is 36.6 Å². The zero-order valence-corrected chi connectivity index (χ0v) is 12.2. The average Bonchev–Trinajstić information content (AvgIpc) is 2.87. The van der Waals surface area contributed by atoms with E-state index in [2.05, 4.69) is 36.1 Å². The smallest absolute Gasteiger partial charge is 0.113 e. The number of fused-ring (bicyclic) bond motifs is 1. The molecule has 3 atom stereocenters. The average molecular weight is 267 g/mol. The van der Waals surface area contributed by atoms with Crippen LogP contribution in [-0.2, 0) is 10.2 Å². The molecule has 4 rings (SSSR count). The highest BCUT2D eigenvalue weighted by Crippen LogP contribution is 2.64. The molecule has 20 heavy (non-hydrogen) atoms. The van der Waals surface area contributed by atoms with E-state index in [1.165, 1.54) is 31.5 Å².